The molecule has 2 aliphatic heterocycles. The van der Waals surface area contributed by atoms with Gasteiger partial charge in [-0.05, 0) is 30.7 Å². The molecule has 2 amide bonds. The number of nitrogens with zero attached hydrogens (tertiary/aromatic N) is 1. The SMILES string of the molecule is CC1CC(C(=O)O)CN(C(=O)NCC2(c3ccccc3)CCOCC2)C1. The number of urea groups is 1. The van der Waals surface area contributed by atoms with Gasteiger partial charge in [0.25, 0.3) is 0 Å². The predicted octanol–water partition coefficient (Wildman–Crippen LogP) is 2.49. The van der Waals surface area contributed by atoms with Crippen LogP contribution < -0.4 is 5.32 Å². The Morgan fingerprint density at radius 1 is 1.23 bits per heavy atom. The molecule has 3 rings (SSSR count). The van der Waals surface area contributed by atoms with Gasteiger partial charge in [0.15, 0.2) is 0 Å². The summed E-state index contributed by atoms with van der Waals surface area (Å²) in [4.78, 5) is 25.7. The van der Waals surface area contributed by atoms with Gasteiger partial charge in [-0.25, -0.2) is 4.79 Å². The van der Waals surface area contributed by atoms with Crippen LogP contribution in [0.5, 0.6) is 0 Å². The highest BCUT2D eigenvalue weighted by Gasteiger charge is 2.36. The molecule has 2 N–H and O–H groups in total. The van der Waals surface area contributed by atoms with E-state index in [1.54, 1.807) is 4.90 Å². The Bertz CT molecular complexity index is 628. The number of benzene rings is 1. The highest BCUT2D eigenvalue weighted by molar-refractivity contribution is 5.76. The summed E-state index contributed by atoms with van der Waals surface area (Å²) in [5, 5.41) is 12.4. The van der Waals surface area contributed by atoms with E-state index in [0.717, 1.165) is 12.8 Å². The average Bonchev–Trinajstić information content (AvgIpc) is 2.67. The Hall–Kier alpha value is -2.08. The number of hydrogen-bond donors (Lipinski definition) is 2. The minimum absolute atomic E-state index is 0.122. The first-order chi connectivity index (χ1) is 12.5. The van der Waals surface area contributed by atoms with Crippen LogP contribution in [0.1, 0.15) is 31.7 Å². The van der Waals surface area contributed by atoms with E-state index in [4.69, 9.17) is 4.74 Å². The van der Waals surface area contributed by atoms with E-state index in [1.807, 2.05) is 25.1 Å². The van der Waals surface area contributed by atoms with Gasteiger partial charge in [0.2, 0.25) is 0 Å². The van der Waals surface area contributed by atoms with Gasteiger partial charge in [-0.15, -0.1) is 0 Å². The summed E-state index contributed by atoms with van der Waals surface area (Å²) in [6.07, 6.45) is 2.36. The summed E-state index contributed by atoms with van der Waals surface area (Å²) in [5.41, 5.74) is 1.10. The van der Waals surface area contributed by atoms with Crippen LogP contribution >= 0.6 is 0 Å². The van der Waals surface area contributed by atoms with Gasteiger partial charge < -0.3 is 20.1 Å². The summed E-state index contributed by atoms with van der Waals surface area (Å²) in [7, 11) is 0. The number of aliphatic carboxylic acids is 1. The van der Waals surface area contributed by atoms with E-state index in [0.29, 0.717) is 32.7 Å². The van der Waals surface area contributed by atoms with Crippen LogP contribution in [-0.2, 0) is 14.9 Å². The number of hydrogen-bond acceptors (Lipinski definition) is 3. The topological polar surface area (TPSA) is 78.9 Å². The molecule has 0 saturated carbocycles. The quantitative estimate of drug-likeness (QED) is 0.865. The van der Waals surface area contributed by atoms with Crippen molar-refractivity contribution in [2.45, 2.75) is 31.6 Å². The average molecular weight is 360 g/mol. The summed E-state index contributed by atoms with van der Waals surface area (Å²) in [6, 6.07) is 10.1. The van der Waals surface area contributed by atoms with Gasteiger partial charge in [0.05, 0.1) is 5.92 Å². The summed E-state index contributed by atoms with van der Waals surface area (Å²) >= 11 is 0. The molecule has 0 aliphatic carbocycles. The number of nitrogens with one attached hydrogen (secondary N) is 1. The lowest BCUT2D eigenvalue weighted by Crippen LogP contribution is -2.52. The number of ether oxygens (including phenoxy) is 1. The van der Waals surface area contributed by atoms with Crippen LogP contribution in [0.15, 0.2) is 30.3 Å². The van der Waals surface area contributed by atoms with E-state index in [-0.39, 0.29) is 23.9 Å². The molecule has 2 atom stereocenters. The zero-order valence-electron chi connectivity index (χ0n) is 15.3. The van der Waals surface area contributed by atoms with Crippen molar-refractivity contribution in [3.63, 3.8) is 0 Å². The molecule has 2 heterocycles. The van der Waals surface area contributed by atoms with E-state index in [2.05, 4.69) is 17.4 Å². The predicted molar refractivity (Wildman–Crippen MR) is 98.1 cm³/mol. The molecule has 6 nitrogen and oxygen atoms in total. The van der Waals surface area contributed by atoms with Crippen LogP contribution in [0.4, 0.5) is 4.79 Å². The maximum atomic E-state index is 12.7. The molecule has 26 heavy (non-hydrogen) atoms. The fourth-order valence-corrected chi connectivity index (χ4v) is 4.17. The normalized spacial score (nSPS) is 25.5. The molecule has 1 aromatic rings. The van der Waals surface area contributed by atoms with Crippen LogP contribution in [0.2, 0.25) is 0 Å². The Kier molecular flexibility index (Phi) is 5.81. The highest BCUT2D eigenvalue weighted by Crippen LogP contribution is 2.34. The van der Waals surface area contributed by atoms with Crippen molar-refractivity contribution >= 4 is 12.0 Å². The second-order valence-corrected chi connectivity index (χ2v) is 7.70. The monoisotopic (exact) mass is 360 g/mol. The number of carboxylic acid groups (broad SMARTS) is 1. The Balaban J connectivity index is 1.67. The fourth-order valence-electron chi connectivity index (χ4n) is 4.17. The third-order valence-corrected chi connectivity index (χ3v) is 5.71. The zero-order chi connectivity index (χ0) is 18.6. The lowest BCUT2D eigenvalue weighted by Gasteiger charge is -2.39. The van der Waals surface area contributed by atoms with Crippen LogP contribution in [-0.4, -0.2) is 54.9 Å². The van der Waals surface area contributed by atoms with Crippen molar-refractivity contribution < 1.29 is 19.4 Å². The summed E-state index contributed by atoms with van der Waals surface area (Å²) < 4.78 is 5.54. The standard InChI is InChI=1S/C20H28N2O4/c1-15-11-16(18(23)24)13-22(12-15)19(25)21-14-20(7-9-26-10-8-20)17-5-3-2-4-6-17/h2-6,15-16H,7-14H2,1H3,(H,21,25)(H,23,24). The van der Waals surface area contributed by atoms with Crippen molar-refractivity contribution in [3.8, 4) is 0 Å². The van der Waals surface area contributed by atoms with Crippen molar-refractivity contribution in [3.05, 3.63) is 35.9 Å². The third kappa shape index (κ3) is 4.18. The molecule has 142 valence electrons. The summed E-state index contributed by atoms with van der Waals surface area (Å²) in [5.74, 6) is -1.10. The number of carbonyl (C=O) groups excluding carboxylic acids is 1. The molecule has 0 aromatic heterocycles. The molecule has 2 saturated heterocycles. The lowest BCUT2D eigenvalue weighted by atomic mass is 9.74. The molecule has 1 aromatic carbocycles. The molecule has 0 radical (unpaired) electrons. The molecule has 0 spiro atoms. The number of amides is 2. The van der Waals surface area contributed by atoms with Gasteiger partial charge in [0.1, 0.15) is 0 Å². The minimum atomic E-state index is -0.820. The molecule has 2 aliphatic rings. The molecular weight excluding hydrogens is 332 g/mol. The van der Waals surface area contributed by atoms with Crippen molar-refractivity contribution in [2.24, 2.45) is 11.8 Å². The maximum absolute atomic E-state index is 12.7. The third-order valence-electron chi connectivity index (χ3n) is 5.71. The number of carbonyl (C=O) groups is 2. The van der Waals surface area contributed by atoms with Gasteiger partial charge in [0, 0.05) is 38.3 Å². The van der Waals surface area contributed by atoms with Gasteiger partial charge >= 0.3 is 12.0 Å². The second-order valence-electron chi connectivity index (χ2n) is 7.70. The molecule has 2 unspecified atom stereocenters. The van der Waals surface area contributed by atoms with Crippen molar-refractivity contribution in [1.82, 2.24) is 10.2 Å². The highest BCUT2D eigenvalue weighted by atomic mass is 16.5. The van der Waals surface area contributed by atoms with Gasteiger partial charge in [-0.2, -0.15) is 0 Å². The van der Waals surface area contributed by atoms with Crippen LogP contribution in [0.3, 0.4) is 0 Å². The first-order valence-corrected chi connectivity index (χ1v) is 9.39. The van der Waals surface area contributed by atoms with E-state index in [9.17, 15) is 14.7 Å². The minimum Gasteiger partial charge on any atom is -0.481 e. The zero-order valence-corrected chi connectivity index (χ0v) is 15.3. The smallest absolute Gasteiger partial charge is 0.317 e. The van der Waals surface area contributed by atoms with Gasteiger partial charge in [-0.1, -0.05) is 37.3 Å². The first-order valence-electron chi connectivity index (χ1n) is 9.39. The van der Waals surface area contributed by atoms with Gasteiger partial charge in [-0.3, -0.25) is 4.79 Å². The second kappa shape index (κ2) is 8.08. The Morgan fingerprint density at radius 2 is 1.92 bits per heavy atom. The fraction of sp³-hybridized carbons (Fsp3) is 0.600. The molecule has 0 bridgehead atoms. The number of likely N-dealkylation sites (tertiary alicyclic amines) is 1. The van der Waals surface area contributed by atoms with Crippen LogP contribution in [0, 0.1) is 11.8 Å². The number of carboxylic acids is 1. The Morgan fingerprint density at radius 3 is 2.58 bits per heavy atom. The molecular formula is C20H28N2O4. The van der Waals surface area contributed by atoms with Crippen LogP contribution in [0.25, 0.3) is 0 Å². The molecule has 2 fully saturated rings. The Labute approximate surface area is 154 Å². The van der Waals surface area contributed by atoms with E-state index < -0.39 is 11.9 Å². The molecule has 6 heteroatoms. The number of rotatable bonds is 4. The van der Waals surface area contributed by atoms with Crippen molar-refractivity contribution in [2.75, 3.05) is 32.8 Å². The largest absolute Gasteiger partial charge is 0.481 e. The first kappa shape index (κ1) is 18.7. The van der Waals surface area contributed by atoms with E-state index in [1.165, 1.54) is 5.56 Å². The maximum Gasteiger partial charge on any atom is 0.317 e. The summed E-state index contributed by atoms with van der Waals surface area (Å²) in [6.45, 7) is 4.81. The van der Waals surface area contributed by atoms with Crippen molar-refractivity contribution in [1.29, 1.82) is 0 Å². The number of piperidine rings is 1. The lowest BCUT2D eigenvalue weighted by molar-refractivity contribution is -0.143. The van der Waals surface area contributed by atoms with E-state index >= 15 is 0 Å².